The number of halogens is 2. The van der Waals surface area contributed by atoms with Gasteiger partial charge in [-0.05, 0) is 49.7 Å². The van der Waals surface area contributed by atoms with Crippen LogP contribution in [0.5, 0.6) is 0 Å². The fourth-order valence-corrected chi connectivity index (χ4v) is 4.64. The lowest BCUT2D eigenvalue weighted by atomic mass is 10.0. The molecule has 184 valence electrons. The van der Waals surface area contributed by atoms with Gasteiger partial charge < -0.3 is 10.2 Å². The van der Waals surface area contributed by atoms with Gasteiger partial charge in [0.1, 0.15) is 11.9 Å². The van der Waals surface area contributed by atoms with E-state index in [-0.39, 0.29) is 30.8 Å². The van der Waals surface area contributed by atoms with E-state index in [4.69, 9.17) is 11.6 Å². The van der Waals surface area contributed by atoms with Gasteiger partial charge in [-0.2, -0.15) is 0 Å². The van der Waals surface area contributed by atoms with Gasteiger partial charge in [-0.15, -0.1) is 11.8 Å². The molecular weight excluding hydrogens is 483 g/mol. The van der Waals surface area contributed by atoms with Crippen LogP contribution in [0.2, 0.25) is 5.02 Å². The summed E-state index contributed by atoms with van der Waals surface area (Å²) in [6.07, 6.45) is 0.548. The number of benzene rings is 3. The summed E-state index contributed by atoms with van der Waals surface area (Å²) in [6, 6.07) is 22.5. The quantitative estimate of drug-likeness (QED) is 0.314. The first-order chi connectivity index (χ1) is 16.8. The third-order valence-corrected chi connectivity index (χ3v) is 6.66. The van der Waals surface area contributed by atoms with Crippen molar-refractivity contribution in [1.82, 2.24) is 10.2 Å². The fraction of sp³-hybridized carbons (Fsp3) is 0.286. The molecule has 3 rings (SSSR count). The molecule has 2 amide bonds. The fourth-order valence-electron chi connectivity index (χ4n) is 3.68. The van der Waals surface area contributed by atoms with Gasteiger partial charge in [-0.1, -0.05) is 60.1 Å². The molecule has 0 spiro atoms. The lowest BCUT2D eigenvalue weighted by Gasteiger charge is -2.32. The van der Waals surface area contributed by atoms with E-state index in [2.05, 4.69) is 5.32 Å². The second kappa shape index (κ2) is 13.3. The molecule has 0 aromatic heterocycles. The Morgan fingerprint density at radius 1 is 0.971 bits per heavy atom. The smallest absolute Gasteiger partial charge is 0.243 e. The molecule has 0 fully saturated rings. The van der Waals surface area contributed by atoms with Gasteiger partial charge in [0.05, 0.1) is 0 Å². The Balaban J connectivity index is 1.85. The molecule has 1 N–H and O–H groups in total. The van der Waals surface area contributed by atoms with Crippen LogP contribution in [0, 0.1) is 5.82 Å². The van der Waals surface area contributed by atoms with E-state index >= 15 is 0 Å². The van der Waals surface area contributed by atoms with Crippen LogP contribution in [-0.2, 0) is 22.6 Å². The number of carbonyl (C=O) groups excluding carboxylic acids is 2. The Morgan fingerprint density at radius 2 is 1.63 bits per heavy atom. The van der Waals surface area contributed by atoms with E-state index in [1.165, 1.54) is 22.7 Å². The van der Waals surface area contributed by atoms with E-state index in [1.807, 2.05) is 68.4 Å². The highest BCUT2D eigenvalue weighted by atomic mass is 35.5. The van der Waals surface area contributed by atoms with Crippen LogP contribution in [-0.4, -0.2) is 34.6 Å². The summed E-state index contributed by atoms with van der Waals surface area (Å²) < 4.78 is 14.6. The van der Waals surface area contributed by atoms with Crippen molar-refractivity contribution < 1.29 is 14.0 Å². The Kier molecular flexibility index (Phi) is 10.2. The van der Waals surface area contributed by atoms with Crippen LogP contribution < -0.4 is 5.32 Å². The maximum atomic E-state index is 14.6. The third kappa shape index (κ3) is 8.41. The standard InChI is InChI=1S/C28H30ClFN2O2S/c1-20(2)31-28(34)26(18-21-8-4-3-5-9-21)32(19-22-10-6-7-11-25(22)30)27(33)16-17-35-24-14-12-23(29)13-15-24/h3-15,20,26H,16-19H2,1-2H3,(H,31,34)/t26-/m1/s1. The maximum absolute atomic E-state index is 14.6. The number of rotatable bonds is 11. The number of hydrogen-bond acceptors (Lipinski definition) is 3. The molecule has 7 heteroatoms. The van der Waals surface area contributed by atoms with Gasteiger partial charge in [0.2, 0.25) is 11.8 Å². The molecule has 0 aliphatic heterocycles. The van der Waals surface area contributed by atoms with Crippen LogP contribution in [0.1, 0.15) is 31.4 Å². The predicted molar refractivity (Wildman–Crippen MR) is 141 cm³/mol. The molecule has 0 heterocycles. The predicted octanol–water partition coefficient (Wildman–Crippen LogP) is 6.13. The van der Waals surface area contributed by atoms with E-state index in [1.54, 1.807) is 18.2 Å². The summed E-state index contributed by atoms with van der Waals surface area (Å²) in [6.45, 7) is 3.77. The number of nitrogens with zero attached hydrogens (tertiary/aromatic N) is 1. The number of thioether (sulfide) groups is 1. The first-order valence-corrected chi connectivity index (χ1v) is 13.0. The summed E-state index contributed by atoms with van der Waals surface area (Å²) in [7, 11) is 0. The molecule has 0 saturated carbocycles. The first kappa shape index (κ1) is 26.8. The van der Waals surface area contributed by atoms with Crippen LogP contribution in [0.25, 0.3) is 0 Å². The molecule has 0 unspecified atom stereocenters. The van der Waals surface area contributed by atoms with Crippen molar-refractivity contribution >= 4 is 35.2 Å². The van der Waals surface area contributed by atoms with Gasteiger partial charge in [0.25, 0.3) is 0 Å². The Labute approximate surface area is 215 Å². The van der Waals surface area contributed by atoms with Gasteiger partial charge >= 0.3 is 0 Å². The van der Waals surface area contributed by atoms with Crippen LogP contribution in [0.4, 0.5) is 4.39 Å². The second-order valence-corrected chi connectivity index (χ2v) is 10.1. The molecular formula is C28H30ClFN2O2S. The molecule has 35 heavy (non-hydrogen) atoms. The first-order valence-electron chi connectivity index (χ1n) is 11.6. The Morgan fingerprint density at radius 3 is 2.29 bits per heavy atom. The Bertz CT molecular complexity index is 1110. The second-order valence-electron chi connectivity index (χ2n) is 8.53. The zero-order valence-corrected chi connectivity index (χ0v) is 21.5. The van der Waals surface area contributed by atoms with Crippen molar-refractivity contribution in [3.63, 3.8) is 0 Å². The largest absolute Gasteiger partial charge is 0.352 e. The van der Waals surface area contributed by atoms with Gasteiger partial charge in [0.15, 0.2) is 0 Å². The van der Waals surface area contributed by atoms with Crippen molar-refractivity contribution in [2.24, 2.45) is 0 Å². The van der Waals surface area contributed by atoms with Gasteiger partial charge in [-0.3, -0.25) is 9.59 Å². The minimum Gasteiger partial charge on any atom is -0.352 e. The number of nitrogens with one attached hydrogen (secondary N) is 1. The Hall–Kier alpha value is -2.83. The minimum atomic E-state index is -0.771. The minimum absolute atomic E-state index is 0.0140. The van der Waals surface area contributed by atoms with E-state index < -0.39 is 11.9 Å². The average Bonchev–Trinajstić information content (AvgIpc) is 2.83. The van der Waals surface area contributed by atoms with Crippen molar-refractivity contribution in [1.29, 1.82) is 0 Å². The highest BCUT2D eigenvalue weighted by Gasteiger charge is 2.31. The summed E-state index contributed by atoms with van der Waals surface area (Å²) in [5.74, 6) is -0.324. The van der Waals surface area contributed by atoms with Gasteiger partial charge in [-0.25, -0.2) is 4.39 Å². The summed E-state index contributed by atoms with van der Waals surface area (Å²) in [5, 5.41) is 3.60. The molecule has 0 aliphatic carbocycles. The lowest BCUT2D eigenvalue weighted by molar-refractivity contribution is -0.141. The van der Waals surface area contributed by atoms with Crippen LogP contribution in [0.3, 0.4) is 0 Å². The number of carbonyl (C=O) groups is 2. The maximum Gasteiger partial charge on any atom is 0.243 e. The van der Waals surface area contributed by atoms with Crippen molar-refractivity contribution in [3.05, 3.63) is 101 Å². The molecule has 3 aromatic carbocycles. The molecule has 0 bridgehead atoms. The number of amides is 2. The van der Waals surface area contributed by atoms with E-state index in [9.17, 15) is 14.0 Å². The number of hydrogen-bond donors (Lipinski definition) is 1. The normalized spacial score (nSPS) is 11.8. The SMILES string of the molecule is CC(C)NC(=O)[C@@H](Cc1ccccc1)N(Cc1ccccc1F)C(=O)CCSc1ccc(Cl)cc1. The average molecular weight is 513 g/mol. The highest BCUT2D eigenvalue weighted by Crippen LogP contribution is 2.23. The van der Waals surface area contributed by atoms with E-state index in [0.29, 0.717) is 22.8 Å². The topological polar surface area (TPSA) is 49.4 Å². The molecule has 0 radical (unpaired) electrons. The zero-order chi connectivity index (χ0) is 25.2. The highest BCUT2D eigenvalue weighted by molar-refractivity contribution is 7.99. The molecule has 0 saturated heterocycles. The third-order valence-electron chi connectivity index (χ3n) is 5.40. The summed E-state index contributed by atoms with van der Waals surface area (Å²) in [5.41, 5.74) is 1.31. The summed E-state index contributed by atoms with van der Waals surface area (Å²) in [4.78, 5) is 29.3. The molecule has 0 aliphatic rings. The van der Waals surface area contributed by atoms with Crippen LogP contribution in [0.15, 0.2) is 83.8 Å². The van der Waals surface area contributed by atoms with Crippen molar-refractivity contribution in [2.45, 2.75) is 50.2 Å². The summed E-state index contributed by atoms with van der Waals surface area (Å²) >= 11 is 7.49. The molecule has 3 aromatic rings. The van der Waals surface area contributed by atoms with Gasteiger partial charge in [0, 0.05) is 46.7 Å². The van der Waals surface area contributed by atoms with E-state index in [0.717, 1.165) is 10.5 Å². The zero-order valence-electron chi connectivity index (χ0n) is 19.9. The van der Waals surface area contributed by atoms with Crippen molar-refractivity contribution in [3.8, 4) is 0 Å². The lowest BCUT2D eigenvalue weighted by Crippen LogP contribution is -2.52. The monoisotopic (exact) mass is 512 g/mol. The molecule has 1 atom stereocenters. The molecule has 4 nitrogen and oxygen atoms in total. The van der Waals surface area contributed by atoms with Crippen molar-refractivity contribution in [2.75, 3.05) is 5.75 Å². The van der Waals surface area contributed by atoms with Crippen LogP contribution >= 0.6 is 23.4 Å².